The number of benzene rings is 2. The summed E-state index contributed by atoms with van der Waals surface area (Å²) in [5.74, 6) is -0.452. The van der Waals surface area contributed by atoms with E-state index in [9.17, 15) is 21.4 Å². The first-order valence-corrected chi connectivity index (χ1v) is 20.3. The zero-order valence-electron chi connectivity index (χ0n) is 25.7. The molecule has 3 aromatic rings. The van der Waals surface area contributed by atoms with Gasteiger partial charge in [0, 0.05) is 40.0 Å². The van der Waals surface area contributed by atoms with Crippen molar-refractivity contribution < 1.29 is 34.9 Å². The molecule has 0 amide bonds. The first-order valence-electron chi connectivity index (χ1n) is 14.7. The fourth-order valence-corrected chi connectivity index (χ4v) is 9.71. The first-order chi connectivity index (χ1) is 21.2. The molecule has 1 aliphatic rings. The zero-order chi connectivity index (χ0) is 33.0. The van der Waals surface area contributed by atoms with Crippen molar-refractivity contribution in [1.82, 2.24) is 0 Å². The van der Waals surface area contributed by atoms with Crippen molar-refractivity contribution in [1.29, 1.82) is 0 Å². The zero-order valence-corrected chi connectivity index (χ0v) is 30.5. The van der Waals surface area contributed by atoms with Crippen LogP contribution in [0.25, 0.3) is 16.3 Å². The number of allylic oxidation sites excluding steroid dienone is 2. The summed E-state index contributed by atoms with van der Waals surface area (Å²) in [6.07, 6.45) is 4.68. The fraction of sp³-hybridized carbons (Fsp3) is 0.433. The van der Waals surface area contributed by atoms with E-state index in [0.717, 1.165) is 36.4 Å². The van der Waals surface area contributed by atoms with Crippen LogP contribution >= 0.6 is 46.3 Å². The lowest BCUT2D eigenvalue weighted by Gasteiger charge is -2.31. The van der Waals surface area contributed by atoms with Crippen molar-refractivity contribution in [3.05, 3.63) is 68.1 Å². The minimum absolute atomic E-state index is 0.0647. The molecule has 45 heavy (non-hydrogen) atoms. The van der Waals surface area contributed by atoms with Gasteiger partial charge >= 0.3 is 10.1 Å². The van der Waals surface area contributed by atoms with Crippen LogP contribution in [-0.2, 0) is 31.1 Å². The van der Waals surface area contributed by atoms with Crippen molar-refractivity contribution in [2.24, 2.45) is 0 Å². The summed E-state index contributed by atoms with van der Waals surface area (Å²) in [6.45, 7) is 10.3. The summed E-state index contributed by atoms with van der Waals surface area (Å²) in [6, 6.07) is 11.3. The molecule has 9 nitrogen and oxygen atoms in total. The number of thiazole rings is 1. The van der Waals surface area contributed by atoms with Crippen molar-refractivity contribution in [3.8, 4) is 0 Å². The Morgan fingerprint density at radius 1 is 1.00 bits per heavy atom. The molecule has 246 valence electrons. The number of anilines is 1. The Balaban J connectivity index is 1.61. The van der Waals surface area contributed by atoms with Crippen LogP contribution in [0, 0.1) is 0 Å². The molecule has 1 N–H and O–H groups in total. The lowest BCUT2D eigenvalue weighted by atomic mass is 10.2. The molecule has 0 bridgehead atoms. The monoisotopic (exact) mass is 735 g/mol. The smallest absolute Gasteiger partial charge is 0.314 e. The molecule has 0 fully saturated rings. The van der Waals surface area contributed by atoms with E-state index in [0.29, 0.717) is 49.2 Å². The Kier molecular flexibility index (Phi) is 12.1. The van der Waals surface area contributed by atoms with Crippen molar-refractivity contribution in [3.63, 3.8) is 0 Å². The van der Waals surface area contributed by atoms with Gasteiger partial charge in [0.15, 0.2) is 6.54 Å². The number of nitrogens with zero attached hydrogens (tertiary/aromatic N) is 3. The number of rotatable bonds is 15. The predicted octanol–water partition coefficient (Wildman–Crippen LogP) is 7.16. The summed E-state index contributed by atoms with van der Waals surface area (Å²) >= 11 is 15.8. The van der Waals surface area contributed by atoms with Crippen LogP contribution in [0.15, 0.2) is 58.0 Å². The topological polar surface area (TPSA) is 105 Å². The molecule has 4 rings (SSSR count). The number of hydrogen-bond acceptors (Lipinski definition) is 8. The second-order valence-corrected chi connectivity index (χ2v) is 17.0. The lowest BCUT2D eigenvalue weighted by Crippen LogP contribution is -2.49. The van der Waals surface area contributed by atoms with Crippen LogP contribution in [0.1, 0.15) is 45.5 Å². The van der Waals surface area contributed by atoms with Crippen molar-refractivity contribution in [2.45, 2.75) is 52.0 Å². The van der Waals surface area contributed by atoms with Gasteiger partial charge in [-0.05, 0) is 76.1 Å². The summed E-state index contributed by atoms with van der Waals surface area (Å²) in [5, 5.41) is 3.00. The Morgan fingerprint density at radius 2 is 1.67 bits per heavy atom. The number of hydrogen-bond donors (Lipinski definition) is 1. The summed E-state index contributed by atoms with van der Waals surface area (Å²) in [4.78, 5) is 3.11. The number of aryl methyl sites for hydroxylation is 1. The van der Waals surface area contributed by atoms with Gasteiger partial charge in [-0.25, -0.2) is 0 Å². The molecular weight excluding hydrogens is 698 g/mol. The minimum Gasteiger partial charge on any atom is -0.335 e. The second kappa shape index (κ2) is 15.0. The molecule has 1 aromatic heterocycles. The van der Waals surface area contributed by atoms with Gasteiger partial charge < -0.3 is 4.90 Å². The molecule has 0 saturated heterocycles. The Morgan fingerprint density at radius 3 is 2.33 bits per heavy atom. The highest BCUT2D eigenvalue weighted by Gasteiger charge is 2.32. The molecule has 0 atom stereocenters. The molecule has 1 aliphatic heterocycles. The second-order valence-electron chi connectivity index (χ2n) is 10.8. The molecule has 0 spiro atoms. The van der Waals surface area contributed by atoms with E-state index in [2.05, 4.69) is 11.0 Å². The van der Waals surface area contributed by atoms with Gasteiger partial charge in [-0.15, -0.1) is 0 Å². The molecule has 0 saturated carbocycles. The van der Waals surface area contributed by atoms with E-state index >= 15 is 0 Å². The fourth-order valence-electron chi connectivity index (χ4n) is 5.17. The average molecular weight is 737 g/mol. The number of aromatic nitrogens is 1. The highest BCUT2D eigenvalue weighted by atomic mass is 35.5. The van der Waals surface area contributed by atoms with Crippen LogP contribution in [0.5, 0.6) is 0 Å². The molecule has 0 radical (unpaired) electrons. The maximum absolute atomic E-state index is 13.0. The highest BCUT2D eigenvalue weighted by Crippen LogP contribution is 2.47. The van der Waals surface area contributed by atoms with E-state index in [1.807, 2.05) is 74.7 Å². The standard InChI is InChI=1S/C30H38Cl2N3O6S4/c1-5-35(6-2,7-3)41-45(39,40)17-9-15-34-26-21-24(32)11-13-28(26)43-30(34)19-22(4)18-29-33(14-8-16-44(36,37)38)25-20-23(31)10-12-27(25)42-29/h10-13,18-21H,5-9,14-17H2,1-4H3/q+1/p+1. The van der Waals surface area contributed by atoms with E-state index in [1.165, 1.54) is 0 Å². The molecule has 2 aromatic carbocycles. The summed E-state index contributed by atoms with van der Waals surface area (Å²) in [7, 11) is -7.84. The summed E-state index contributed by atoms with van der Waals surface area (Å²) in [5.41, 5.74) is 2.74. The van der Waals surface area contributed by atoms with Gasteiger partial charge in [0.2, 0.25) is 5.52 Å². The van der Waals surface area contributed by atoms with Crippen molar-refractivity contribution in [2.75, 3.05) is 42.6 Å². The van der Waals surface area contributed by atoms with E-state index in [4.69, 9.17) is 27.5 Å². The Bertz CT molecular complexity index is 1810. The van der Waals surface area contributed by atoms with Crippen LogP contribution in [0.4, 0.5) is 5.69 Å². The van der Waals surface area contributed by atoms with Crippen LogP contribution < -0.4 is 9.47 Å². The van der Waals surface area contributed by atoms with Crippen LogP contribution in [0.3, 0.4) is 0 Å². The van der Waals surface area contributed by atoms with E-state index in [-0.39, 0.29) is 22.6 Å². The van der Waals surface area contributed by atoms with Gasteiger partial charge in [-0.1, -0.05) is 50.6 Å². The van der Waals surface area contributed by atoms with Crippen LogP contribution in [-0.4, -0.2) is 63.7 Å². The number of hydroxylamine groups is 3. The highest BCUT2D eigenvalue weighted by molar-refractivity contribution is 8.03. The molecule has 0 aliphatic carbocycles. The maximum atomic E-state index is 13.0. The first kappa shape index (κ1) is 36.2. The number of halogens is 2. The third-order valence-corrected chi connectivity index (χ3v) is 12.5. The predicted molar refractivity (Wildman–Crippen MR) is 186 cm³/mol. The van der Waals surface area contributed by atoms with Crippen molar-refractivity contribution >= 4 is 88.5 Å². The van der Waals surface area contributed by atoms with E-state index < -0.39 is 20.2 Å². The normalized spacial score (nSPS) is 15.4. The van der Waals surface area contributed by atoms with Gasteiger partial charge in [0.1, 0.15) is 24.3 Å². The number of thioether (sulfide) groups is 1. The Hall–Kier alpha value is -1.68. The lowest BCUT2D eigenvalue weighted by molar-refractivity contribution is -1.08. The third kappa shape index (κ3) is 9.45. The molecule has 0 unspecified atom stereocenters. The van der Waals surface area contributed by atoms with Gasteiger partial charge in [0.25, 0.3) is 15.1 Å². The third-order valence-electron chi connectivity index (χ3n) is 7.65. The SMILES string of the molecule is CC[N+](CC)(CC)OS(=O)(=O)CCCN1/C(=C\C(C)=C\c2sc3ccc(Cl)cc3[n+]2CCCS(=O)(=O)O)Sc2ccc(Cl)cc21. The van der Waals surface area contributed by atoms with Gasteiger partial charge in [0.05, 0.1) is 22.2 Å². The van der Waals surface area contributed by atoms with Gasteiger partial charge in [-0.3, -0.25) is 4.55 Å². The maximum Gasteiger partial charge on any atom is 0.314 e. The van der Waals surface area contributed by atoms with E-state index in [1.54, 1.807) is 23.1 Å². The molecule has 15 heteroatoms. The molecular formula is C30H39Cl2N3O6S4+2. The number of quaternary nitrogens is 1. The summed E-state index contributed by atoms with van der Waals surface area (Å²) < 4.78 is 66.6. The molecule has 2 heterocycles. The quantitative estimate of drug-likeness (QED) is 0.0759. The largest absolute Gasteiger partial charge is 0.335 e. The minimum atomic E-state index is -4.08. The average Bonchev–Trinajstić information content (AvgIpc) is 3.47. The number of fused-ring (bicyclic) bond motifs is 2. The van der Waals surface area contributed by atoms with Crippen LogP contribution in [0.2, 0.25) is 10.0 Å². The Labute approximate surface area is 284 Å². The van der Waals surface area contributed by atoms with Gasteiger partial charge in [-0.2, -0.15) is 26.0 Å².